The lowest BCUT2D eigenvalue weighted by atomic mass is 10.2. The van der Waals surface area contributed by atoms with Gasteiger partial charge in [0, 0.05) is 31.1 Å². The standard InChI is InChI=1S/C17H20N4O2S/c22-17(20-6-9-24-10-7-20)15-12-21(5-8-23-15)16-11-18-13-3-1-2-4-14(13)19-16/h1-4,11,15H,5-10,12H2. The highest BCUT2D eigenvalue weighted by molar-refractivity contribution is 7.99. The Bertz CT molecular complexity index is 735. The number of benzene rings is 1. The number of ether oxygens (including phenoxy) is 1. The fourth-order valence-electron chi connectivity index (χ4n) is 3.09. The largest absolute Gasteiger partial charge is 0.365 e. The van der Waals surface area contributed by atoms with Crippen molar-refractivity contribution >= 4 is 34.5 Å². The predicted octanol–water partition coefficient (Wildman–Crippen LogP) is 1.41. The predicted molar refractivity (Wildman–Crippen MR) is 95.4 cm³/mol. The summed E-state index contributed by atoms with van der Waals surface area (Å²) in [7, 11) is 0. The lowest BCUT2D eigenvalue weighted by Gasteiger charge is -2.36. The van der Waals surface area contributed by atoms with Crippen LogP contribution in [0.5, 0.6) is 0 Å². The van der Waals surface area contributed by atoms with Crippen LogP contribution in [0.15, 0.2) is 30.5 Å². The molecule has 0 saturated carbocycles. The summed E-state index contributed by atoms with van der Waals surface area (Å²) in [6.07, 6.45) is 1.38. The molecule has 2 aromatic rings. The SMILES string of the molecule is O=C(C1CN(c2cnc3ccccc3n2)CCO1)N1CCSCC1. The summed E-state index contributed by atoms with van der Waals surface area (Å²) in [4.78, 5) is 25.9. The zero-order valence-corrected chi connectivity index (χ0v) is 14.2. The number of anilines is 1. The molecule has 6 nitrogen and oxygen atoms in total. The van der Waals surface area contributed by atoms with E-state index in [4.69, 9.17) is 4.74 Å². The average molecular weight is 344 g/mol. The minimum atomic E-state index is -0.407. The van der Waals surface area contributed by atoms with Gasteiger partial charge in [0.1, 0.15) is 5.82 Å². The molecule has 1 aromatic heterocycles. The van der Waals surface area contributed by atoms with Gasteiger partial charge in [0.2, 0.25) is 0 Å². The quantitative estimate of drug-likeness (QED) is 0.821. The Balaban J connectivity index is 1.50. The zero-order valence-electron chi connectivity index (χ0n) is 13.4. The Kier molecular flexibility index (Phi) is 4.53. The molecular weight excluding hydrogens is 324 g/mol. The maximum Gasteiger partial charge on any atom is 0.253 e. The second kappa shape index (κ2) is 6.94. The Morgan fingerprint density at radius 2 is 1.96 bits per heavy atom. The first kappa shape index (κ1) is 15.7. The zero-order chi connectivity index (χ0) is 16.4. The number of carbonyl (C=O) groups is 1. The maximum absolute atomic E-state index is 12.7. The van der Waals surface area contributed by atoms with Crippen molar-refractivity contribution in [2.75, 3.05) is 49.2 Å². The van der Waals surface area contributed by atoms with Crippen LogP contribution in [0, 0.1) is 0 Å². The topological polar surface area (TPSA) is 58.6 Å². The average Bonchev–Trinajstić information content (AvgIpc) is 2.68. The fourth-order valence-corrected chi connectivity index (χ4v) is 4.00. The second-order valence-electron chi connectivity index (χ2n) is 5.96. The van der Waals surface area contributed by atoms with Crippen molar-refractivity contribution in [3.8, 4) is 0 Å². The number of nitrogens with zero attached hydrogens (tertiary/aromatic N) is 4. The molecule has 7 heteroatoms. The van der Waals surface area contributed by atoms with Crippen LogP contribution in [-0.4, -0.2) is 71.2 Å². The summed E-state index contributed by atoms with van der Waals surface area (Å²) in [5, 5.41) is 0. The number of hydrogen-bond donors (Lipinski definition) is 0. The monoisotopic (exact) mass is 344 g/mol. The van der Waals surface area contributed by atoms with E-state index in [2.05, 4.69) is 14.9 Å². The third-order valence-electron chi connectivity index (χ3n) is 4.42. The summed E-state index contributed by atoms with van der Waals surface area (Å²) < 4.78 is 5.74. The minimum Gasteiger partial charge on any atom is -0.365 e. The third-order valence-corrected chi connectivity index (χ3v) is 5.37. The normalized spacial score (nSPS) is 21.9. The highest BCUT2D eigenvalue weighted by Gasteiger charge is 2.31. The van der Waals surface area contributed by atoms with Crippen LogP contribution in [0.2, 0.25) is 0 Å². The maximum atomic E-state index is 12.7. The van der Waals surface area contributed by atoms with Crippen molar-refractivity contribution in [2.45, 2.75) is 6.10 Å². The molecule has 0 bridgehead atoms. The Labute approximate surface area is 145 Å². The van der Waals surface area contributed by atoms with Gasteiger partial charge in [-0.05, 0) is 12.1 Å². The van der Waals surface area contributed by atoms with Gasteiger partial charge in [-0.2, -0.15) is 11.8 Å². The van der Waals surface area contributed by atoms with Crippen LogP contribution in [0.1, 0.15) is 0 Å². The van der Waals surface area contributed by atoms with Crippen LogP contribution >= 0.6 is 11.8 Å². The molecule has 0 N–H and O–H groups in total. The van der Waals surface area contributed by atoms with Crippen LogP contribution in [0.3, 0.4) is 0 Å². The number of aromatic nitrogens is 2. The van der Waals surface area contributed by atoms with E-state index >= 15 is 0 Å². The van der Waals surface area contributed by atoms with E-state index in [9.17, 15) is 4.79 Å². The molecule has 2 aliphatic heterocycles. The molecule has 2 fully saturated rings. The van der Waals surface area contributed by atoms with Gasteiger partial charge in [-0.15, -0.1) is 0 Å². The first-order valence-corrected chi connectivity index (χ1v) is 9.41. The molecule has 1 aromatic carbocycles. The summed E-state index contributed by atoms with van der Waals surface area (Å²) >= 11 is 1.90. The fraction of sp³-hybridized carbons (Fsp3) is 0.471. The number of amides is 1. The summed E-state index contributed by atoms with van der Waals surface area (Å²) in [5.74, 6) is 2.94. The third kappa shape index (κ3) is 3.18. The molecular formula is C17H20N4O2S. The number of thioether (sulfide) groups is 1. The van der Waals surface area contributed by atoms with E-state index in [1.165, 1.54) is 0 Å². The van der Waals surface area contributed by atoms with Crippen molar-refractivity contribution in [1.82, 2.24) is 14.9 Å². The van der Waals surface area contributed by atoms with Crippen LogP contribution < -0.4 is 4.90 Å². The van der Waals surface area contributed by atoms with Crippen LogP contribution in [0.25, 0.3) is 11.0 Å². The van der Waals surface area contributed by atoms with E-state index in [-0.39, 0.29) is 5.91 Å². The number of carbonyl (C=O) groups excluding carboxylic acids is 1. The number of morpholine rings is 1. The number of fused-ring (bicyclic) bond motifs is 1. The van der Waals surface area contributed by atoms with E-state index in [1.807, 2.05) is 40.9 Å². The van der Waals surface area contributed by atoms with E-state index in [0.29, 0.717) is 13.2 Å². The highest BCUT2D eigenvalue weighted by atomic mass is 32.2. The van der Waals surface area contributed by atoms with Gasteiger partial charge >= 0.3 is 0 Å². The van der Waals surface area contributed by atoms with Gasteiger partial charge in [-0.25, -0.2) is 4.98 Å². The Morgan fingerprint density at radius 3 is 2.79 bits per heavy atom. The van der Waals surface area contributed by atoms with Crippen molar-refractivity contribution < 1.29 is 9.53 Å². The molecule has 3 heterocycles. The molecule has 0 aliphatic carbocycles. The van der Waals surface area contributed by atoms with Crippen molar-refractivity contribution in [3.05, 3.63) is 30.5 Å². The minimum absolute atomic E-state index is 0.105. The Morgan fingerprint density at radius 1 is 1.17 bits per heavy atom. The number of rotatable bonds is 2. The van der Waals surface area contributed by atoms with Gasteiger partial charge in [0.05, 0.1) is 30.4 Å². The number of para-hydroxylation sites is 2. The first-order chi connectivity index (χ1) is 11.8. The second-order valence-corrected chi connectivity index (χ2v) is 7.18. The van der Waals surface area contributed by atoms with Gasteiger partial charge in [-0.1, -0.05) is 12.1 Å². The molecule has 1 atom stereocenters. The van der Waals surface area contributed by atoms with E-state index in [1.54, 1.807) is 6.20 Å². The molecule has 2 aliphatic rings. The molecule has 2 saturated heterocycles. The smallest absolute Gasteiger partial charge is 0.253 e. The van der Waals surface area contributed by atoms with E-state index in [0.717, 1.165) is 48.0 Å². The molecule has 24 heavy (non-hydrogen) atoms. The first-order valence-electron chi connectivity index (χ1n) is 8.26. The molecule has 126 valence electrons. The number of hydrogen-bond acceptors (Lipinski definition) is 6. The summed E-state index contributed by atoms with van der Waals surface area (Å²) in [6, 6.07) is 7.82. The van der Waals surface area contributed by atoms with Crippen molar-refractivity contribution in [1.29, 1.82) is 0 Å². The van der Waals surface area contributed by atoms with Crippen LogP contribution in [0.4, 0.5) is 5.82 Å². The van der Waals surface area contributed by atoms with Crippen molar-refractivity contribution in [3.63, 3.8) is 0 Å². The molecule has 1 unspecified atom stereocenters. The lowest BCUT2D eigenvalue weighted by Crippen LogP contribution is -2.52. The lowest BCUT2D eigenvalue weighted by molar-refractivity contribution is -0.144. The van der Waals surface area contributed by atoms with Gasteiger partial charge in [-0.3, -0.25) is 9.78 Å². The highest BCUT2D eigenvalue weighted by Crippen LogP contribution is 2.19. The van der Waals surface area contributed by atoms with Crippen LogP contribution in [-0.2, 0) is 9.53 Å². The summed E-state index contributed by atoms with van der Waals surface area (Å²) in [6.45, 7) is 3.44. The molecule has 4 rings (SSSR count). The Hall–Kier alpha value is -1.86. The molecule has 1 amide bonds. The van der Waals surface area contributed by atoms with Gasteiger partial charge < -0.3 is 14.5 Å². The van der Waals surface area contributed by atoms with Crippen molar-refractivity contribution in [2.24, 2.45) is 0 Å². The molecule has 0 spiro atoms. The molecule has 0 radical (unpaired) electrons. The van der Waals surface area contributed by atoms with Gasteiger partial charge in [0.25, 0.3) is 5.91 Å². The summed E-state index contributed by atoms with van der Waals surface area (Å²) in [5.41, 5.74) is 1.75. The van der Waals surface area contributed by atoms with E-state index < -0.39 is 6.10 Å². The van der Waals surface area contributed by atoms with Gasteiger partial charge in [0.15, 0.2) is 6.10 Å².